The summed E-state index contributed by atoms with van der Waals surface area (Å²) >= 11 is 1.32. The van der Waals surface area contributed by atoms with Crippen LogP contribution in [0.4, 0.5) is 5.69 Å². The first kappa shape index (κ1) is 29.6. The first-order valence-corrected chi connectivity index (χ1v) is 15.7. The van der Waals surface area contributed by atoms with Crippen molar-refractivity contribution < 1.29 is 19.4 Å². The number of anilines is 1. The van der Waals surface area contributed by atoms with Crippen LogP contribution in [0.25, 0.3) is 0 Å². The summed E-state index contributed by atoms with van der Waals surface area (Å²) in [5.74, 6) is 0.654. The van der Waals surface area contributed by atoms with E-state index in [0.29, 0.717) is 11.6 Å². The van der Waals surface area contributed by atoms with Crippen molar-refractivity contribution in [2.24, 2.45) is 11.8 Å². The Morgan fingerprint density at radius 2 is 1.56 bits per heavy atom. The largest absolute Gasteiger partial charge is 0.490 e. The summed E-state index contributed by atoms with van der Waals surface area (Å²) in [6.45, 7) is 12.8. The molecule has 4 rings (SSSR count). The number of hydrogen-bond donors (Lipinski definition) is 1. The van der Waals surface area contributed by atoms with E-state index in [1.165, 1.54) is 11.3 Å². The molecular formula is C32H46N2O4S. The lowest BCUT2D eigenvalue weighted by Crippen LogP contribution is -2.47. The summed E-state index contributed by atoms with van der Waals surface area (Å²) < 4.78 is 6.44. The zero-order valence-corrected chi connectivity index (χ0v) is 25.4. The molecule has 0 spiro atoms. The van der Waals surface area contributed by atoms with E-state index in [1.54, 1.807) is 0 Å². The molecule has 0 atom stereocenters. The molecule has 7 heteroatoms. The van der Waals surface area contributed by atoms with Crippen LogP contribution in [0.5, 0.6) is 5.75 Å². The third kappa shape index (κ3) is 7.03. The second-order valence-corrected chi connectivity index (χ2v) is 13.6. The van der Waals surface area contributed by atoms with Gasteiger partial charge in [-0.3, -0.25) is 9.78 Å². The number of ether oxygens (including phenoxy) is 1. The van der Waals surface area contributed by atoms with E-state index in [-0.39, 0.29) is 34.3 Å². The molecule has 2 aromatic heterocycles. The van der Waals surface area contributed by atoms with Crippen LogP contribution in [0.15, 0.2) is 18.2 Å². The molecule has 0 unspecified atom stereocenters. The SMILES string of the molecule is CCc1cc(OC2CCC(N(C(=O)C3CCC(C)CC3)c3cc(C(C)(C)C)sc3C(=O)O)CC2)cc(CC)n1. The molecule has 0 bridgehead atoms. The summed E-state index contributed by atoms with van der Waals surface area (Å²) in [6.07, 6.45) is 8.96. The monoisotopic (exact) mass is 554 g/mol. The standard InChI is InChI=1S/C32H46N2O4S/c1-7-22-17-26(18-23(8-2)33-22)38-25-15-13-24(14-16-25)34(30(35)21-11-9-20(3)10-12-21)27-19-28(32(4,5)6)39-29(27)31(36)37/h17-21,24-25H,7-16H2,1-6H3,(H,36,37). The Hall–Kier alpha value is -2.41. The summed E-state index contributed by atoms with van der Waals surface area (Å²) in [5.41, 5.74) is 2.50. The van der Waals surface area contributed by atoms with Crippen LogP contribution in [0.3, 0.4) is 0 Å². The molecule has 2 fully saturated rings. The minimum Gasteiger partial charge on any atom is -0.490 e. The first-order valence-electron chi connectivity index (χ1n) is 14.9. The van der Waals surface area contributed by atoms with Gasteiger partial charge < -0.3 is 14.7 Å². The van der Waals surface area contributed by atoms with Gasteiger partial charge in [-0.25, -0.2) is 4.79 Å². The number of pyridine rings is 1. The molecule has 6 nitrogen and oxygen atoms in total. The van der Waals surface area contributed by atoms with Gasteiger partial charge in [0.05, 0.1) is 11.8 Å². The molecule has 2 saturated carbocycles. The fourth-order valence-electron chi connectivity index (χ4n) is 5.95. The average Bonchev–Trinajstić information content (AvgIpc) is 3.36. The van der Waals surface area contributed by atoms with Gasteiger partial charge in [0.15, 0.2) is 0 Å². The van der Waals surface area contributed by atoms with Gasteiger partial charge in [-0.05, 0) is 81.6 Å². The van der Waals surface area contributed by atoms with Crippen LogP contribution in [0.1, 0.15) is 119 Å². The maximum absolute atomic E-state index is 14.2. The van der Waals surface area contributed by atoms with Crippen LogP contribution in [0.2, 0.25) is 0 Å². The van der Waals surface area contributed by atoms with Crippen molar-refractivity contribution in [2.75, 3.05) is 4.90 Å². The lowest BCUT2D eigenvalue weighted by molar-refractivity contribution is -0.124. The van der Waals surface area contributed by atoms with Crippen LogP contribution in [-0.4, -0.2) is 34.1 Å². The van der Waals surface area contributed by atoms with Crippen molar-refractivity contribution in [3.8, 4) is 5.75 Å². The smallest absolute Gasteiger partial charge is 0.348 e. The van der Waals surface area contributed by atoms with Gasteiger partial charge in [-0.15, -0.1) is 11.3 Å². The maximum atomic E-state index is 14.2. The third-order valence-corrected chi connectivity index (χ3v) is 9.99. The van der Waals surface area contributed by atoms with E-state index in [9.17, 15) is 14.7 Å². The van der Waals surface area contributed by atoms with Crippen molar-refractivity contribution >= 4 is 28.9 Å². The molecule has 2 aromatic rings. The second kappa shape index (κ2) is 12.4. The molecule has 214 valence electrons. The number of nitrogens with zero attached hydrogens (tertiary/aromatic N) is 2. The zero-order valence-electron chi connectivity index (χ0n) is 24.6. The number of carbonyl (C=O) groups excluding carboxylic acids is 1. The molecule has 0 saturated heterocycles. The molecule has 0 aliphatic heterocycles. The number of carboxylic acids is 1. The molecule has 2 aliphatic carbocycles. The highest BCUT2D eigenvalue weighted by atomic mass is 32.1. The molecule has 1 amide bonds. The molecule has 2 aliphatic rings. The Morgan fingerprint density at radius 1 is 0.974 bits per heavy atom. The van der Waals surface area contributed by atoms with Gasteiger partial charge in [0.1, 0.15) is 10.6 Å². The Kier molecular flexibility index (Phi) is 9.41. The summed E-state index contributed by atoms with van der Waals surface area (Å²) in [7, 11) is 0. The molecule has 1 N–H and O–H groups in total. The predicted molar refractivity (Wildman–Crippen MR) is 158 cm³/mol. The van der Waals surface area contributed by atoms with Crippen LogP contribution >= 0.6 is 11.3 Å². The molecular weight excluding hydrogens is 508 g/mol. The molecule has 2 heterocycles. The number of hydrogen-bond acceptors (Lipinski definition) is 5. The maximum Gasteiger partial charge on any atom is 0.348 e. The molecule has 39 heavy (non-hydrogen) atoms. The highest BCUT2D eigenvalue weighted by molar-refractivity contribution is 7.14. The minimum absolute atomic E-state index is 0.0212. The van der Waals surface area contributed by atoms with Gasteiger partial charge in [-0.1, -0.05) is 41.5 Å². The lowest BCUT2D eigenvalue weighted by atomic mass is 9.81. The van der Waals surface area contributed by atoms with E-state index in [0.717, 1.165) is 86.2 Å². The van der Waals surface area contributed by atoms with Gasteiger partial charge in [-0.2, -0.15) is 0 Å². The van der Waals surface area contributed by atoms with Gasteiger partial charge in [0.25, 0.3) is 0 Å². The third-order valence-electron chi connectivity index (χ3n) is 8.45. The number of aromatic nitrogens is 1. The van der Waals surface area contributed by atoms with E-state index in [2.05, 4.69) is 46.5 Å². The van der Waals surface area contributed by atoms with E-state index < -0.39 is 5.97 Å². The average molecular weight is 555 g/mol. The molecule has 0 radical (unpaired) electrons. The number of carbonyl (C=O) groups is 2. The Bertz CT molecular complexity index is 1130. The number of amides is 1. The van der Waals surface area contributed by atoms with E-state index >= 15 is 0 Å². The van der Waals surface area contributed by atoms with Crippen molar-refractivity contribution in [3.63, 3.8) is 0 Å². The predicted octanol–water partition coefficient (Wildman–Crippen LogP) is 7.81. The normalized spacial score (nSPS) is 23.8. The quantitative estimate of drug-likeness (QED) is 0.360. The van der Waals surface area contributed by atoms with Crippen molar-refractivity contribution in [3.05, 3.63) is 39.3 Å². The van der Waals surface area contributed by atoms with E-state index in [1.807, 2.05) is 23.1 Å². The Labute approximate surface area is 238 Å². The summed E-state index contributed by atoms with van der Waals surface area (Å²) in [5, 5.41) is 10.2. The highest BCUT2D eigenvalue weighted by Crippen LogP contribution is 2.42. The van der Waals surface area contributed by atoms with Crippen LogP contribution in [0, 0.1) is 11.8 Å². The van der Waals surface area contributed by atoms with Crippen LogP contribution < -0.4 is 9.64 Å². The second-order valence-electron chi connectivity index (χ2n) is 12.6. The Morgan fingerprint density at radius 3 is 2.08 bits per heavy atom. The fourth-order valence-corrected chi connectivity index (χ4v) is 6.99. The fraction of sp³-hybridized carbons (Fsp3) is 0.656. The first-order chi connectivity index (χ1) is 18.5. The number of thiophene rings is 1. The van der Waals surface area contributed by atoms with Gasteiger partial charge in [0.2, 0.25) is 5.91 Å². The lowest BCUT2D eigenvalue weighted by Gasteiger charge is -2.39. The van der Waals surface area contributed by atoms with Gasteiger partial charge >= 0.3 is 5.97 Å². The van der Waals surface area contributed by atoms with Gasteiger partial charge in [0, 0.05) is 40.4 Å². The number of carboxylic acid groups (broad SMARTS) is 1. The van der Waals surface area contributed by atoms with E-state index in [4.69, 9.17) is 4.74 Å². The van der Waals surface area contributed by atoms with Crippen molar-refractivity contribution in [1.82, 2.24) is 4.98 Å². The van der Waals surface area contributed by atoms with Crippen molar-refractivity contribution in [2.45, 2.75) is 123 Å². The minimum atomic E-state index is -0.950. The number of aromatic carboxylic acids is 1. The van der Waals surface area contributed by atoms with Crippen molar-refractivity contribution in [1.29, 1.82) is 0 Å². The number of aryl methyl sites for hydroxylation is 2. The number of rotatable bonds is 8. The van der Waals surface area contributed by atoms with Crippen LogP contribution in [-0.2, 0) is 23.1 Å². The topological polar surface area (TPSA) is 79.7 Å². The summed E-state index contributed by atoms with van der Waals surface area (Å²) in [4.78, 5) is 34.4. The highest BCUT2D eigenvalue weighted by Gasteiger charge is 2.38. The zero-order chi connectivity index (χ0) is 28.3. The summed E-state index contributed by atoms with van der Waals surface area (Å²) in [6, 6.07) is 6.05. The molecule has 0 aromatic carbocycles. The Balaban J connectivity index is 1.58.